The van der Waals surface area contributed by atoms with E-state index in [4.69, 9.17) is 23.2 Å². The first-order valence-electron chi connectivity index (χ1n) is 6.41. The Morgan fingerprint density at radius 2 is 1.79 bits per heavy atom. The molecule has 0 spiro atoms. The maximum atomic E-state index is 6.11. The standard InChI is InChI=1S/C16H17Cl2N/c1-3-19-11(2)13-6-4-5-7-14(13)12-8-9-15(17)16(18)10-12/h4-11,19H,3H2,1-2H3. The van der Waals surface area contributed by atoms with Gasteiger partial charge in [-0.2, -0.15) is 0 Å². The normalized spacial score (nSPS) is 12.4. The molecule has 19 heavy (non-hydrogen) atoms. The highest BCUT2D eigenvalue weighted by atomic mass is 35.5. The highest BCUT2D eigenvalue weighted by molar-refractivity contribution is 6.42. The van der Waals surface area contributed by atoms with E-state index in [1.807, 2.05) is 24.3 Å². The molecule has 0 fully saturated rings. The Hall–Kier alpha value is -1.02. The first kappa shape index (κ1) is 14.4. The first-order valence-corrected chi connectivity index (χ1v) is 7.16. The van der Waals surface area contributed by atoms with Crippen LogP contribution in [0.1, 0.15) is 25.5 Å². The van der Waals surface area contributed by atoms with Crippen LogP contribution in [0.2, 0.25) is 10.0 Å². The molecule has 0 aliphatic heterocycles. The van der Waals surface area contributed by atoms with Crippen LogP contribution in [0, 0.1) is 0 Å². The van der Waals surface area contributed by atoms with Crippen molar-refractivity contribution in [2.45, 2.75) is 19.9 Å². The molecular weight excluding hydrogens is 277 g/mol. The lowest BCUT2D eigenvalue weighted by Gasteiger charge is -2.17. The third-order valence-corrected chi connectivity index (χ3v) is 3.91. The summed E-state index contributed by atoms with van der Waals surface area (Å²) in [6.07, 6.45) is 0. The van der Waals surface area contributed by atoms with Crippen molar-refractivity contribution in [2.75, 3.05) is 6.54 Å². The van der Waals surface area contributed by atoms with Crippen molar-refractivity contribution in [3.05, 3.63) is 58.1 Å². The second-order valence-electron chi connectivity index (χ2n) is 4.50. The minimum Gasteiger partial charge on any atom is -0.310 e. The zero-order valence-corrected chi connectivity index (χ0v) is 12.6. The van der Waals surface area contributed by atoms with E-state index in [0.29, 0.717) is 16.1 Å². The van der Waals surface area contributed by atoms with Gasteiger partial charge >= 0.3 is 0 Å². The summed E-state index contributed by atoms with van der Waals surface area (Å²) in [6, 6.07) is 14.4. The third kappa shape index (κ3) is 3.30. The summed E-state index contributed by atoms with van der Waals surface area (Å²) in [7, 11) is 0. The molecule has 0 amide bonds. The van der Waals surface area contributed by atoms with Gasteiger partial charge in [-0.15, -0.1) is 0 Å². The molecule has 1 N–H and O–H groups in total. The fourth-order valence-electron chi connectivity index (χ4n) is 2.22. The lowest BCUT2D eigenvalue weighted by atomic mass is 9.95. The van der Waals surface area contributed by atoms with Crippen LogP contribution >= 0.6 is 23.2 Å². The van der Waals surface area contributed by atoms with Gasteiger partial charge in [0.05, 0.1) is 10.0 Å². The van der Waals surface area contributed by atoms with Crippen molar-refractivity contribution in [3.8, 4) is 11.1 Å². The minimum atomic E-state index is 0.302. The SMILES string of the molecule is CCNC(C)c1ccccc1-c1ccc(Cl)c(Cl)c1. The molecule has 2 rings (SSSR count). The zero-order valence-electron chi connectivity index (χ0n) is 11.1. The second kappa shape index (κ2) is 6.42. The fraction of sp³-hybridized carbons (Fsp3) is 0.250. The van der Waals surface area contributed by atoms with Crippen LogP contribution in [0.3, 0.4) is 0 Å². The van der Waals surface area contributed by atoms with Crippen LogP contribution in [0.4, 0.5) is 0 Å². The summed E-state index contributed by atoms with van der Waals surface area (Å²) in [5.41, 5.74) is 3.55. The van der Waals surface area contributed by atoms with E-state index in [1.165, 1.54) is 11.1 Å². The van der Waals surface area contributed by atoms with Crippen LogP contribution in [0.15, 0.2) is 42.5 Å². The molecule has 0 saturated carbocycles. The Morgan fingerprint density at radius 3 is 2.47 bits per heavy atom. The van der Waals surface area contributed by atoms with E-state index in [9.17, 15) is 0 Å². The van der Waals surface area contributed by atoms with Gasteiger partial charge in [-0.25, -0.2) is 0 Å². The van der Waals surface area contributed by atoms with Crippen LogP contribution in [0.25, 0.3) is 11.1 Å². The van der Waals surface area contributed by atoms with Gasteiger partial charge in [0.2, 0.25) is 0 Å². The van der Waals surface area contributed by atoms with Crippen molar-refractivity contribution in [3.63, 3.8) is 0 Å². The minimum absolute atomic E-state index is 0.302. The molecule has 1 nitrogen and oxygen atoms in total. The summed E-state index contributed by atoms with van der Waals surface area (Å²) < 4.78 is 0. The first-order chi connectivity index (χ1) is 9.13. The molecule has 0 bridgehead atoms. The van der Waals surface area contributed by atoms with Crippen LogP contribution in [-0.4, -0.2) is 6.54 Å². The predicted octanol–water partition coefficient (Wildman–Crippen LogP) is 5.33. The lowest BCUT2D eigenvalue weighted by molar-refractivity contribution is 0.599. The Morgan fingerprint density at radius 1 is 1.05 bits per heavy atom. The summed E-state index contributed by atoms with van der Waals surface area (Å²) in [5, 5.41) is 4.61. The second-order valence-corrected chi connectivity index (χ2v) is 5.31. The van der Waals surface area contributed by atoms with Gasteiger partial charge < -0.3 is 5.32 Å². The molecule has 3 heteroatoms. The predicted molar refractivity (Wildman–Crippen MR) is 84.0 cm³/mol. The Kier molecular flexibility index (Phi) is 4.87. The van der Waals surface area contributed by atoms with Gasteiger partial charge in [0.1, 0.15) is 0 Å². The number of nitrogens with one attached hydrogen (secondary N) is 1. The van der Waals surface area contributed by atoms with Gasteiger partial charge in [0, 0.05) is 6.04 Å². The summed E-state index contributed by atoms with van der Waals surface area (Å²) >= 11 is 12.1. The largest absolute Gasteiger partial charge is 0.310 e. The van der Waals surface area contributed by atoms with E-state index in [-0.39, 0.29) is 0 Å². The van der Waals surface area contributed by atoms with Crippen LogP contribution in [0.5, 0.6) is 0 Å². The quantitative estimate of drug-likeness (QED) is 0.803. The molecular formula is C16H17Cl2N. The smallest absolute Gasteiger partial charge is 0.0598 e. The van der Waals surface area contributed by atoms with Gasteiger partial charge in [-0.3, -0.25) is 0 Å². The highest BCUT2D eigenvalue weighted by Gasteiger charge is 2.11. The third-order valence-electron chi connectivity index (χ3n) is 3.17. The van der Waals surface area contributed by atoms with Crippen molar-refractivity contribution in [1.82, 2.24) is 5.32 Å². The number of hydrogen-bond donors (Lipinski definition) is 1. The van der Waals surface area contributed by atoms with Gasteiger partial charge in [-0.05, 0) is 42.3 Å². The summed E-state index contributed by atoms with van der Waals surface area (Å²) in [6.45, 7) is 5.22. The molecule has 0 heterocycles. The molecule has 0 radical (unpaired) electrons. The molecule has 0 aliphatic rings. The topological polar surface area (TPSA) is 12.0 Å². The van der Waals surface area contributed by atoms with Crippen molar-refractivity contribution in [2.24, 2.45) is 0 Å². The molecule has 2 aromatic rings. The number of benzene rings is 2. The number of hydrogen-bond acceptors (Lipinski definition) is 1. The Balaban J connectivity index is 2.46. The van der Waals surface area contributed by atoms with E-state index in [1.54, 1.807) is 0 Å². The van der Waals surface area contributed by atoms with Crippen LogP contribution < -0.4 is 5.32 Å². The van der Waals surface area contributed by atoms with Gasteiger partial charge in [0.15, 0.2) is 0 Å². The zero-order chi connectivity index (χ0) is 13.8. The Labute approximate surface area is 124 Å². The lowest BCUT2D eigenvalue weighted by Crippen LogP contribution is -2.18. The average Bonchev–Trinajstić information content (AvgIpc) is 2.42. The van der Waals surface area contributed by atoms with E-state index in [0.717, 1.165) is 12.1 Å². The Bertz CT molecular complexity index is 566. The monoisotopic (exact) mass is 293 g/mol. The number of rotatable bonds is 4. The van der Waals surface area contributed by atoms with Gasteiger partial charge in [-0.1, -0.05) is 60.5 Å². The maximum Gasteiger partial charge on any atom is 0.0598 e. The molecule has 0 aliphatic carbocycles. The molecule has 100 valence electrons. The van der Waals surface area contributed by atoms with E-state index < -0.39 is 0 Å². The molecule has 2 aromatic carbocycles. The molecule has 1 unspecified atom stereocenters. The van der Waals surface area contributed by atoms with Crippen molar-refractivity contribution in [1.29, 1.82) is 0 Å². The van der Waals surface area contributed by atoms with E-state index in [2.05, 4.69) is 37.4 Å². The molecule has 0 aromatic heterocycles. The van der Waals surface area contributed by atoms with Gasteiger partial charge in [0.25, 0.3) is 0 Å². The fourth-order valence-corrected chi connectivity index (χ4v) is 2.52. The maximum absolute atomic E-state index is 6.11. The average molecular weight is 294 g/mol. The van der Waals surface area contributed by atoms with Crippen molar-refractivity contribution >= 4 is 23.2 Å². The van der Waals surface area contributed by atoms with Crippen molar-refractivity contribution < 1.29 is 0 Å². The van der Waals surface area contributed by atoms with E-state index >= 15 is 0 Å². The number of halogens is 2. The molecule has 1 atom stereocenters. The summed E-state index contributed by atoms with van der Waals surface area (Å²) in [5.74, 6) is 0. The molecule has 0 saturated heterocycles. The summed E-state index contributed by atoms with van der Waals surface area (Å²) in [4.78, 5) is 0. The highest BCUT2D eigenvalue weighted by Crippen LogP contribution is 2.32. The van der Waals surface area contributed by atoms with Crippen LogP contribution in [-0.2, 0) is 0 Å².